The second-order valence-corrected chi connectivity index (χ2v) is 9.64. The Kier molecular flexibility index (Phi) is 13.1. The fraction of sp³-hybridized carbons (Fsp3) is 0.333. The van der Waals surface area contributed by atoms with Gasteiger partial charge >= 0.3 is 11.9 Å². The van der Waals surface area contributed by atoms with Crippen LogP contribution in [0.4, 0.5) is 11.4 Å². The van der Waals surface area contributed by atoms with E-state index in [2.05, 4.69) is 6.92 Å². The summed E-state index contributed by atoms with van der Waals surface area (Å²) in [5.41, 5.74) is 13.5. The first-order valence-electron chi connectivity index (χ1n) is 14.1. The summed E-state index contributed by atoms with van der Waals surface area (Å²) >= 11 is 0. The largest absolute Gasteiger partial charge is 0.494 e. The maximum Gasteiger partial charge on any atom is 0.338 e. The van der Waals surface area contributed by atoms with Gasteiger partial charge in [-0.3, -0.25) is 0 Å². The summed E-state index contributed by atoms with van der Waals surface area (Å²) in [5.74, 6) is 1.12. The second-order valence-electron chi connectivity index (χ2n) is 9.64. The van der Waals surface area contributed by atoms with E-state index in [-0.39, 0.29) is 0 Å². The van der Waals surface area contributed by atoms with Crippen LogP contribution in [0.1, 0.15) is 67.8 Å². The van der Waals surface area contributed by atoms with E-state index in [4.69, 9.17) is 30.4 Å². The molecule has 3 rings (SSSR count). The zero-order valence-electron chi connectivity index (χ0n) is 23.7. The number of rotatable bonds is 17. The molecule has 3 aromatic rings. The quantitative estimate of drug-likeness (QED) is 0.0605. The number of carbonyl (C=O) groups excluding carboxylic acids is 2. The number of nitrogen functional groups attached to an aromatic ring is 2. The van der Waals surface area contributed by atoms with Crippen molar-refractivity contribution >= 4 is 29.4 Å². The van der Waals surface area contributed by atoms with Crippen molar-refractivity contribution < 1.29 is 28.5 Å². The molecule has 8 heteroatoms. The Morgan fingerprint density at radius 3 is 1.83 bits per heavy atom. The Morgan fingerprint density at radius 1 is 0.683 bits per heavy atom. The smallest absolute Gasteiger partial charge is 0.338 e. The molecule has 4 N–H and O–H groups in total. The van der Waals surface area contributed by atoms with Crippen LogP contribution >= 0.6 is 0 Å². The number of benzene rings is 3. The van der Waals surface area contributed by atoms with E-state index >= 15 is 0 Å². The maximum absolute atomic E-state index is 12.2. The number of ether oxygens (including phenoxy) is 4. The number of esters is 2. The molecular weight excluding hydrogens is 520 g/mol. The molecule has 0 aliphatic carbocycles. The van der Waals surface area contributed by atoms with Crippen LogP contribution in [0.15, 0.2) is 72.8 Å². The molecule has 3 aromatic carbocycles. The van der Waals surface area contributed by atoms with E-state index in [1.54, 1.807) is 48.5 Å². The summed E-state index contributed by atoms with van der Waals surface area (Å²) in [7, 11) is 0. The van der Waals surface area contributed by atoms with Gasteiger partial charge in [0.25, 0.3) is 0 Å². The summed E-state index contributed by atoms with van der Waals surface area (Å²) in [6, 6.07) is 19.3. The lowest BCUT2D eigenvalue weighted by Crippen LogP contribution is -2.08. The minimum atomic E-state index is -0.453. The number of hydrogen-bond donors (Lipinski definition) is 2. The maximum atomic E-state index is 12.2. The van der Waals surface area contributed by atoms with Gasteiger partial charge in [-0.15, -0.1) is 0 Å². The Bertz CT molecular complexity index is 1240. The highest BCUT2D eigenvalue weighted by Gasteiger charge is 2.08. The third-order valence-corrected chi connectivity index (χ3v) is 6.10. The summed E-state index contributed by atoms with van der Waals surface area (Å²) in [6.45, 7) is 3.77. The van der Waals surface area contributed by atoms with Gasteiger partial charge in [0, 0.05) is 17.5 Å². The molecule has 0 aliphatic heterocycles. The highest BCUT2D eigenvalue weighted by Crippen LogP contribution is 2.19. The number of anilines is 2. The molecule has 218 valence electrons. The van der Waals surface area contributed by atoms with Gasteiger partial charge in [-0.05, 0) is 98.3 Å². The van der Waals surface area contributed by atoms with E-state index in [0.717, 1.165) is 62.0 Å². The molecular formula is C33H40N2O6. The van der Waals surface area contributed by atoms with Crippen molar-refractivity contribution in [2.45, 2.75) is 51.9 Å². The van der Waals surface area contributed by atoms with Crippen molar-refractivity contribution in [3.05, 3.63) is 83.9 Å². The second kappa shape index (κ2) is 17.3. The molecule has 0 saturated heterocycles. The van der Waals surface area contributed by atoms with E-state index in [1.807, 2.05) is 24.3 Å². The van der Waals surface area contributed by atoms with E-state index in [1.165, 1.54) is 6.08 Å². The van der Waals surface area contributed by atoms with Crippen molar-refractivity contribution in [2.75, 3.05) is 31.3 Å². The molecule has 0 radical (unpaired) electrons. The average Bonchev–Trinajstić information content (AvgIpc) is 2.96. The Hall–Kier alpha value is -4.46. The van der Waals surface area contributed by atoms with Gasteiger partial charge in [0.05, 0.1) is 25.4 Å². The molecule has 0 bridgehead atoms. The molecule has 8 nitrogen and oxygen atoms in total. The number of nitrogens with two attached hydrogens (primary N) is 2. The fourth-order valence-corrected chi connectivity index (χ4v) is 3.93. The number of hydrogen-bond acceptors (Lipinski definition) is 8. The van der Waals surface area contributed by atoms with Crippen molar-refractivity contribution in [3.8, 4) is 17.2 Å². The van der Waals surface area contributed by atoms with Crippen LogP contribution in [0.3, 0.4) is 0 Å². The topological polar surface area (TPSA) is 123 Å². The normalized spacial score (nSPS) is 10.9. The van der Waals surface area contributed by atoms with Gasteiger partial charge in [-0.2, -0.15) is 0 Å². The first kappa shape index (κ1) is 31.1. The third-order valence-electron chi connectivity index (χ3n) is 6.10. The zero-order chi connectivity index (χ0) is 29.3. The predicted molar refractivity (Wildman–Crippen MR) is 162 cm³/mol. The number of carbonyl (C=O) groups is 2. The molecule has 0 amide bonds. The molecule has 0 saturated carbocycles. The lowest BCUT2D eigenvalue weighted by Gasteiger charge is -2.08. The third kappa shape index (κ3) is 12.1. The van der Waals surface area contributed by atoms with Gasteiger partial charge < -0.3 is 30.4 Å². The first-order chi connectivity index (χ1) is 19.9. The van der Waals surface area contributed by atoms with Gasteiger partial charge in [-0.25, -0.2) is 9.59 Å². The SMILES string of the molecule is CCCCCOc1ccc(OC(=O)/C=C/c2ccc(OCCCCCCOC(=O)c3cc(N)cc(N)c3)cc2)cc1. The predicted octanol–water partition coefficient (Wildman–Crippen LogP) is 6.84. The van der Waals surface area contributed by atoms with Crippen molar-refractivity contribution in [3.63, 3.8) is 0 Å². The minimum absolute atomic E-state index is 0.345. The van der Waals surface area contributed by atoms with Crippen LogP contribution in [-0.4, -0.2) is 31.8 Å². The van der Waals surface area contributed by atoms with Gasteiger partial charge in [0.1, 0.15) is 17.2 Å². The molecule has 41 heavy (non-hydrogen) atoms. The molecule has 0 heterocycles. The standard InChI is InChI=1S/C33H40N2O6/c1-2-3-6-19-38-30-14-16-31(17-15-30)41-32(36)18-11-25-9-12-29(13-10-25)39-20-7-4-5-8-21-40-33(37)26-22-27(34)24-28(35)23-26/h9-18,22-24H,2-8,19-21,34-35H2,1H3/b18-11+. The van der Waals surface area contributed by atoms with Crippen molar-refractivity contribution in [1.82, 2.24) is 0 Å². The lowest BCUT2D eigenvalue weighted by molar-refractivity contribution is -0.128. The Balaban J connectivity index is 1.26. The van der Waals surface area contributed by atoms with Crippen LogP contribution in [0, 0.1) is 0 Å². The van der Waals surface area contributed by atoms with Crippen LogP contribution < -0.4 is 25.7 Å². The van der Waals surface area contributed by atoms with Gasteiger partial charge in [-0.1, -0.05) is 31.9 Å². The number of unbranched alkanes of at least 4 members (excludes halogenated alkanes) is 5. The van der Waals surface area contributed by atoms with Crippen LogP contribution in [0.5, 0.6) is 17.2 Å². The molecule has 0 fully saturated rings. The molecule has 0 atom stereocenters. The molecule has 0 unspecified atom stereocenters. The monoisotopic (exact) mass is 560 g/mol. The minimum Gasteiger partial charge on any atom is -0.494 e. The summed E-state index contributed by atoms with van der Waals surface area (Å²) < 4.78 is 22.1. The Labute approximate surface area is 242 Å². The van der Waals surface area contributed by atoms with E-state index < -0.39 is 11.9 Å². The highest BCUT2D eigenvalue weighted by molar-refractivity contribution is 5.91. The van der Waals surface area contributed by atoms with Crippen LogP contribution in [0.25, 0.3) is 6.08 Å². The van der Waals surface area contributed by atoms with Gasteiger partial charge in [0.15, 0.2) is 0 Å². The summed E-state index contributed by atoms with van der Waals surface area (Å²) in [4.78, 5) is 24.3. The lowest BCUT2D eigenvalue weighted by atomic mass is 10.2. The molecule has 0 aliphatic rings. The Morgan fingerprint density at radius 2 is 1.22 bits per heavy atom. The van der Waals surface area contributed by atoms with E-state index in [9.17, 15) is 9.59 Å². The van der Waals surface area contributed by atoms with Crippen LogP contribution in [0.2, 0.25) is 0 Å². The van der Waals surface area contributed by atoms with Crippen molar-refractivity contribution in [1.29, 1.82) is 0 Å². The summed E-state index contributed by atoms with van der Waals surface area (Å²) in [5, 5.41) is 0. The zero-order valence-corrected chi connectivity index (χ0v) is 23.7. The van der Waals surface area contributed by atoms with E-state index in [0.29, 0.717) is 42.5 Å². The highest BCUT2D eigenvalue weighted by atomic mass is 16.5. The molecule has 0 aromatic heterocycles. The van der Waals surface area contributed by atoms with Crippen LogP contribution in [-0.2, 0) is 9.53 Å². The summed E-state index contributed by atoms with van der Waals surface area (Å²) in [6.07, 6.45) is 9.96. The molecule has 0 spiro atoms. The first-order valence-corrected chi connectivity index (χ1v) is 14.1. The van der Waals surface area contributed by atoms with Gasteiger partial charge in [0.2, 0.25) is 0 Å². The average molecular weight is 561 g/mol. The fourth-order valence-electron chi connectivity index (χ4n) is 3.93. The van der Waals surface area contributed by atoms with Crippen molar-refractivity contribution in [2.24, 2.45) is 0 Å².